The second-order valence-electron chi connectivity index (χ2n) is 8.94. The van der Waals surface area contributed by atoms with Crippen LogP contribution in [0.2, 0.25) is 0 Å². The van der Waals surface area contributed by atoms with Crippen molar-refractivity contribution in [3.8, 4) is 0 Å². The van der Waals surface area contributed by atoms with E-state index < -0.39 is 0 Å². The number of aromatic nitrogens is 1. The quantitative estimate of drug-likeness (QED) is 0.537. The number of carbonyl (C=O) groups is 1. The van der Waals surface area contributed by atoms with Crippen LogP contribution in [0.4, 0.5) is 0 Å². The Kier molecular flexibility index (Phi) is 7.68. The zero-order valence-electron chi connectivity index (χ0n) is 19.7. The minimum absolute atomic E-state index is 0.297. The molecule has 3 heterocycles. The smallest absolute Gasteiger partial charge is 0.236 e. The van der Waals surface area contributed by atoms with Crippen molar-refractivity contribution in [2.24, 2.45) is 4.99 Å². The van der Waals surface area contributed by atoms with E-state index >= 15 is 0 Å². The van der Waals surface area contributed by atoms with Gasteiger partial charge in [0.2, 0.25) is 5.91 Å². The number of nitrogens with zero attached hydrogens (tertiary/aromatic N) is 4. The first-order valence-corrected chi connectivity index (χ1v) is 12.2. The van der Waals surface area contributed by atoms with Crippen molar-refractivity contribution in [2.45, 2.75) is 39.0 Å². The van der Waals surface area contributed by atoms with Crippen LogP contribution in [0.1, 0.15) is 37.3 Å². The number of guanidine groups is 1. The minimum atomic E-state index is 0.297. The summed E-state index contributed by atoms with van der Waals surface area (Å²) in [4.78, 5) is 27.2. The van der Waals surface area contributed by atoms with Crippen LogP contribution in [0.5, 0.6) is 0 Å². The summed E-state index contributed by atoms with van der Waals surface area (Å²) in [7, 11) is 1.85. The normalized spacial score (nSPS) is 18.4. The van der Waals surface area contributed by atoms with E-state index in [0.29, 0.717) is 12.5 Å². The van der Waals surface area contributed by atoms with Crippen LogP contribution in [-0.2, 0) is 17.6 Å². The third-order valence-corrected chi connectivity index (χ3v) is 6.90. The highest BCUT2D eigenvalue weighted by Gasteiger charge is 2.24. The monoisotopic (exact) mass is 438 g/mol. The first kappa shape index (κ1) is 22.6. The van der Waals surface area contributed by atoms with Crippen molar-refractivity contribution in [1.82, 2.24) is 25.0 Å². The molecule has 32 heavy (non-hydrogen) atoms. The molecule has 2 saturated heterocycles. The number of aliphatic imine (C=N–C) groups is 1. The Labute approximate surface area is 191 Å². The molecule has 0 aliphatic carbocycles. The molecule has 2 aliphatic heterocycles. The van der Waals surface area contributed by atoms with Gasteiger partial charge in [0.15, 0.2) is 5.96 Å². The molecule has 0 atom stereocenters. The van der Waals surface area contributed by atoms with E-state index in [2.05, 4.69) is 56.4 Å². The molecule has 2 aliphatic rings. The standard InChI is InChI=1S/C25H38N6O/c1-3-20-8-7-9-22-21(18-28-24(20)22)10-11-27-25(26-2)31-16-14-29(15-17-31)19-23(32)30-12-5-4-6-13-30/h7-9,18,28H,3-6,10-17,19H2,1-2H3,(H,26,27). The summed E-state index contributed by atoms with van der Waals surface area (Å²) < 4.78 is 0. The topological polar surface area (TPSA) is 67.0 Å². The average molecular weight is 439 g/mol. The maximum absolute atomic E-state index is 12.6. The van der Waals surface area contributed by atoms with E-state index in [0.717, 1.165) is 77.5 Å². The lowest BCUT2D eigenvalue weighted by Crippen LogP contribution is -2.54. The molecule has 7 heteroatoms. The molecule has 0 unspecified atom stereocenters. The predicted octanol–water partition coefficient (Wildman–Crippen LogP) is 2.48. The molecule has 0 radical (unpaired) electrons. The van der Waals surface area contributed by atoms with Gasteiger partial charge in [0.1, 0.15) is 0 Å². The number of likely N-dealkylation sites (tertiary alicyclic amines) is 1. The molecule has 0 saturated carbocycles. The van der Waals surface area contributed by atoms with Gasteiger partial charge in [0, 0.05) is 70.0 Å². The number of aromatic amines is 1. The molecule has 2 N–H and O–H groups in total. The van der Waals surface area contributed by atoms with Crippen LogP contribution >= 0.6 is 0 Å². The second kappa shape index (κ2) is 10.9. The van der Waals surface area contributed by atoms with E-state index in [1.807, 2.05) is 11.9 Å². The largest absolute Gasteiger partial charge is 0.361 e. The van der Waals surface area contributed by atoms with Gasteiger partial charge in [0.25, 0.3) is 0 Å². The van der Waals surface area contributed by atoms with Crippen LogP contribution in [0.15, 0.2) is 29.4 Å². The Morgan fingerprint density at radius 2 is 1.81 bits per heavy atom. The molecule has 174 valence electrons. The van der Waals surface area contributed by atoms with E-state index in [9.17, 15) is 4.79 Å². The molecule has 2 fully saturated rings. The Bertz CT molecular complexity index is 922. The van der Waals surface area contributed by atoms with Crippen molar-refractivity contribution < 1.29 is 4.79 Å². The summed E-state index contributed by atoms with van der Waals surface area (Å²) in [6, 6.07) is 6.56. The molecular weight excluding hydrogens is 400 g/mol. The van der Waals surface area contributed by atoms with Crippen LogP contribution < -0.4 is 5.32 Å². The summed E-state index contributed by atoms with van der Waals surface area (Å²) >= 11 is 0. The highest BCUT2D eigenvalue weighted by molar-refractivity contribution is 5.86. The Balaban J connectivity index is 1.23. The van der Waals surface area contributed by atoms with E-state index in [1.54, 1.807) is 0 Å². The molecule has 1 aromatic heterocycles. The number of piperazine rings is 1. The van der Waals surface area contributed by atoms with Crippen molar-refractivity contribution in [2.75, 3.05) is 59.4 Å². The van der Waals surface area contributed by atoms with Gasteiger partial charge in [0.05, 0.1) is 6.54 Å². The number of amides is 1. The number of hydrogen-bond donors (Lipinski definition) is 2. The lowest BCUT2D eigenvalue weighted by molar-refractivity contribution is -0.133. The second-order valence-corrected chi connectivity index (χ2v) is 8.94. The third-order valence-electron chi connectivity index (χ3n) is 6.90. The van der Waals surface area contributed by atoms with E-state index in [1.165, 1.54) is 28.5 Å². The van der Waals surface area contributed by atoms with Gasteiger partial charge in [-0.1, -0.05) is 25.1 Å². The number of aryl methyl sites for hydroxylation is 1. The number of rotatable bonds is 6. The van der Waals surface area contributed by atoms with Gasteiger partial charge in [-0.3, -0.25) is 14.7 Å². The number of hydrogen-bond acceptors (Lipinski definition) is 3. The lowest BCUT2D eigenvalue weighted by atomic mass is 10.1. The molecule has 4 rings (SSSR count). The lowest BCUT2D eigenvalue weighted by Gasteiger charge is -2.37. The summed E-state index contributed by atoms with van der Waals surface area (Å²) in [6.45, 7) is 9.09. The number of para-hydroxylation sites is 1. The fraction of sp³-hybridized carbons (Fsp3) is 0.600. The fourth-order valence-corrected chi connectivity index (χ4v) is 4.97. The van der Waals surface area contributed by atoms with Crippen molar-refractivity contribution in [1.29, 1.82) is 0 Å². The average Bonchev–Trinajstić information content (AvgIpc) is 3.26. The fourth-order valence-electron chi connectivity index (χ4n) is 4.97. The third kappa shape index (κ3) is 5.26. The summed E-state index contributed by atoms with van der Waals surface area (Å²) in [5, 5.41) is 4.87. The Morgan fingerprint density at radius 1 is 1.03 bits per heavy atom. The van der Waals surface area contributed by atoms with E-state index in [4.69, 9.17) is 0 Å². The molecular formula is C25H38N6O. The maximum atomic E-state index is 12.6. The number of benzene rings is 1. The van der Waals surface area contributed by atoms with Gasteiger partial charge in [-0.05, 0) is 43.2 Å². The number of fused-ring (bicyclic) bond motifs is 1. The van der Waals surface area contributed by atoms with E-state index in [-0.39, 0.29) is 0 Å². The van der Waals surface area contributed by atoms with Crippen LogP contribution in [0, 0.1) is 0 Å². The number of carbonyl (C=O) groups excluding carboxylic acids is 1. The zero-order valence-corrected chi connectivity index (χ0v) is 19.7. The molecule has 1 aromatic carbocycles. The number of H-pyrrole nitrogens is 1. The number of nitrogens with one attached hydrogen (secondary N) is 2. The SMILES string of the molecule is CCc1cccc2c(CCNC(=NC)N3CCN(CC(=O)N4CCCCC4)CC3)c[nH]c12. The van der Waals surface area contributed by atoms with Gasteiger partial charge in [-0.2, -0.15) is 0 Å². The minimum Gasteiger partial charge on any atom is -0.361 e. The van der Waals surface area contributed by atoms with Gasteiger partial charge >= 0.3 is 0 Å². The first-order valence-electron chi connectivity index (χ1n) is 12.2. The van der Waals surface area contributed by atoms with Gasteiger partial charge in [-0.15, -0.1) is 0 Å². The van der Waals surface area contributed by atoms with Crippen molar-refractivity contribution in [3.05, 3.63) is 35.5 Å². The van der Waals surface area contributed by atoms with Crippen LogP contribution in [0.25, 0.3) is 10.9 Å². The summed E-state index contributed by atoms with van der Waals surface area (Å²) in [5.74, 6) is 1.26. The zero-order chi connectivity index (χ0) is 22.3. The van der Waals surface area contributed by atoms with Crippen molar-refractivity contribution in [3.63, 3.8) is 0 Å². The van der Waals surface area contributed by atoms with Gasteiger partial charge in [-0.25, -0.2) is 0 Å². The number of piperidine rings is 1. The maximum Gasteiger partial charge on any atom is 0.236 e. The first-order chi connectivity index (χ1) is 15.7. The highest BCUT2D eigenvalue weighted by atomic mass is 16.2. The molecule has 2 aromatic rings. The Hall–Kier alpha value is -2.54. The molecule has 0 spiro atoms. The van der Waals surface area contributed by atoms with Gasteiger partial charge < -0.3 is 20.1 Å². The van der Waals surface area contributed by atoms with Crippen LogP contribution in [-0.4, -0.2) is 91.0 Å². The summed E-state index contributed by atoms with van der Waals surface area (Å²) in [6.07, 6.45) is 7.70. The molecule has 0 bridgehead atoms. The van der Waals surface area contributed by atoms with Crippen molar-refractivity contribution >= 4 is 22.8 Å². The predicted molar refractivity (Wildman–Crippen MR) is 131 cm³/mol. The molecule has 1 amide bonds. The highest BCUT2D eigenvalue weighted by Crippen LogP contribution is 2.22. The molecule has 7 nitrogen and oxygen atoms in total. The van der Waals surface area contributed by atoms with Crippen LogP contribution in [0.3, 0.4) is 0 Å². The summed E-state index contributed by atoms with van der Waals surface area (Å²) in [5.41, 5.74) is 3.98. The Morgan fingerprint density at radius 3 is 2.53 bits per heavy atom.